The van der Waals surface area contributed by atoms with Gasteiger partial charge >= 0.3 is 0 Å². The van der Waals surface area contributed by atoms with Crippen LogP contribution in [0.25, 0.3) is 0 Å². The molecule has 0 unspecified atom stereocenters. The molecule has 3 rings (SSSR count). The van der Waals surface area contributed by atoms with Crippen molar-refractivity contribution in [3.63, 3.8) is 0 Å². The highest BCUT2D eigenvalue weighted by Crippen LogP contribution is 2.29. The predicted molar refractivity (Wildman–Crippen MR) is 85.0 cm³/mol. The quantitative estimate of drug-likeness (QED) is 0.902. The summed E-state index contributed by atoms with van der Waals surface area (Å²) in [6.45, 7) is 3.93. The molecular weight excluding hydrogens is 260 g/mol. The van der Waals surface area contributed by atoms with Crippen molar-refractivity contribution in [1.29, 1.82) is 0 Å². The number of carbonyl (C=O) groups excluding carboxylic acids is 1. The molecule has 3 nitrogen and oxygen atoms in total. The molecule has 2 aliphatic rings. The van der Waals surface area contributed by atoms with Gasteiger partial charge in [-0.15, -0.1) is 0 Å². The van der Waals surface area contributed by atoms with Crippen molar-refractivity contribution < 1.29 is 4.79 Å². The molecule has 1 heterocycles. The van der Waals surface area contributed by atoms with Crippen LogP contribution in [0.4, 0.5) is 0 Å². The van der Waals surface area contributed by atoms with Gasteiger partial charge in [-0.2, -0.15) is 0 Å². The second-order valence-corrected chi connectivity index (χ2v) is 6.37. The Morgan fingerprint density at radius 3 is 2.43 bits per heavy atom. The number of hydrogen-bond acceptors (Lipinski definition) is 2. The first-order valence-corrected chi connectivity index (χ1v) is 8.39. The second kappa shape index (κ2) is 6.61. The second-order valence-electron chi connectivity index (χ2n) is 6.37. The molecule has 1 N–H and O–H groups in total. The van der Waals surface area contributed by atoms with Gasteiger partial charge in [0.25, 0.3) is 0 Å². The van der Waals surface area contributed by atoms with E-state index in [-0.39, 0.29) is 6.04 Å². The minimum absolute atomic E-state index is 0.0502. The Balaban J connectivity index is 1.67. The number of piperidine rings is 1. The zero-order chi connectivity index (χ0) is 14.7. The zero-order valence-corrected chi connectivity index (χ0v) is 13.0. The molecule has 1 atom stereocenters. The van der Waals surface area contributed by atoms with Gasteiger partial charge in [0.05, 0.1) is 6.04 Å². The van der Waals surface area contributed by atoms with E-state index in [0.717, 1.165) is 25.9 Å². The number of benzene rings is 1. The normalized spacial score (nSPS) is 22.0. The Morgan fingerprint density at radius 2 is 1.86 bits per heavy atom. The molecule has 114 valence electrons. The Kier molecular flexibility index (Phi) is 4.59. The third-order valence-electron chi connectivity index (χ3n) is 4.66. The summed E-state index contributed by atoms with van der Waals surface area (Å²) in [7, 11) is 0. The van der Waals surface area contributed by atoms with Crippen LogP contribution in [-0.4, -0.2) is 29.4 Å². The smallest absolute Gasteiger partial charge is 0.240 e. The van der Waals surface area contributed by atoms with Gasteiger partial charge in [0.2, 0.25) is 5.91 Å². The minimum atomic E-state index is 0.0502. The SMILES string of the molecule is CCc1ccc(CN(C(=O)[C@H]2CCCCN2)C2CC2)cc1. The van der Waals surface area contributed by atoms with Crippen molar-refractivity contribution in [2.24, 2.45) is 0 Å². The van der Waals surface area contributed by atoms with E-state index in [1.54, 1.807) is 0 Å². The van der Waals surface area contributed by atoms with Crippen LogP contribution in [-0.2, 0) is 17.8 Å². The summed E-state index contributed by atoms with van der Waals surface area (Å²) >= 11 is 0. The Morgan fingerprint density at radius 1 is 1.14 bits per heavy atom. The molecular formula is C18H26N2O. The maximum Gasteiger partial charge on any atom is 0.240 e. The largest absolute Gasteiger partial charge is 0.334 e. The topological polar surface area (TPSA) is 32.3 Å². The zero-order valence-electron chi connectivity index (χ0n) is 13.0. The molecule has 1 aromatic rings. The highest BCUT2D eigenvalue weighted by atomic mass is 16.2. The van der Waals surface area contributed by atoms with Crippen LogP contribution in [0.5, 0.6) is 0 Å². The van der Waals surface area contributed by atoms with Crippen LogP contribution >= 0.6 is 0 Å². The molecule has 0 radical (unpaired) electrons. The molecule has 1 aliphatic heterocycles. The van der Waals surface area contributed by atoms with E-state index in [1.165, 1.54) is 36.8 Å². The number of nitrogens with one attached hydrogen (secondary N) is 1. The van der Waals surface area contributed by atoms with E-state index in [9.17, 15) is 4.79 Å². The summed E-state index contributed by atoms with van der Waals surface area (Å²) in [5.41, 5.74) is 2.61. The van der Waals surface area contributed by atoms with E-state index < -0.39 is 0 Å². The van der Waals surface area contributed by atoms with Crippen LogP contribution in [0.15, 0.2) is 24.3 Å². The maximum atomic E-state index is 12.8. The Labute approximate surface area is 127 Å². The lowest BCUT2D eigenvalue weighted by Gasteiger charge is -2.30. The van der Waals surface area contributed by atoms with Crippen molar-refractivity contribution in [3.05, 3.63) is 35.4 Å². The molecule has 2 fully saturated rings. The highest BCUT2D eigenvalue weighted by Gasteiger charge is 2.36. The standard InChI is InChI=1S/C18H26N2O/c1-2-14-6-8-15(9-7-14)13-20(16-10-11-16)18(21)17-5-3-4-12-19-17/h6-9,16-17,19H,2-5,10-13H2,1H3/t17-/m1/s1. The molecule has 3 heteroatoms. The van der Waals surface area contributed by atoms with Crippen molar-refractivity contribution in [1.82, 2.24) is 10.2 Å². The van der Waals surface area contributed by atoms with Crippen LogP contribution in [0.2, 0.25) is 0 Å². The van der Waals surface area contributed by atoms with Crippen molar-refractivity contribution in [3.8, 4) is 0 Å². The minimum Gasteiger partial charge on any atom is -0.334 e. The van der Waals surface area contributed by atoms with E-state index in [0.29, 0.717) is 11.9 Å². The van der Waals surface area contributed by atoms with Gasteiger partial charge < -0.3 is 10.2 Å². The summed E-state index contributed by atoms with van der Waals surface area (Å²) in [6, 6.07) is 9.25. The lowest BCUT2D eigenvalue weighted by atomic mass is 10.0. The molecule has 1 aromatic carbocycles. The van der Waals surface area contributed by atoms with E-state index >= 15 is 0 Å². The van der Waals surface area contributed by atoms with Gasteiger partial charge in [-0.05, 0) is 49.8 Å². The number of nitrogens with zero attached hydrogens (tertiary/aromatic N) is 1. The Bertz CT molecular complexity index is 472. The van der Waals surface area contributed by atoms with E-state index in [1.807, 2.05) is 0 Å². The molecule has 21 heavy (non-hydrogen) atoms. The fourth-order valence-electron chi connectivity index (χ4n) is 3.11. The highest BCUT2D eigenvalue weighted by molar-refractivity contribution is 5.82. The van der Waals surface area contributed by atoms with Crippen LogP contribution < -0.4 is 5.32 Å². The average molecular weight is 286 g/mol. The first kappa shape index (κ1) is 14.6. The lowest BCUT2D eigenvalue weighted by molar-refractivity contribution is -0.135. The summed E-state index contributed by atoms with van der Waals surface area (Å²) in [5.74, 6) is 0.316. The average Bonchev–Trinajstić information content (AvgIpc) is 3.38. The van der Waals surface area contributed by atoms with Crippen molar-refractivity contribution >= 4 is 5.91 Å². The molecule has 1 aliphatic carbocycles. The van der Waals surface area contributed by atoms with Gasteiger partial charge in [-0.1, -0.05) is 37.6 Å². The van der Waals surface area contributed by atoms with Crippen LogP contribution in [0, 0.1) is 0 Å². The van der Waals surface area contributed by atoms with Crippen LogP contribution in [0.3, 0.4) is 0 Å². The first-order chi connectivity index (χ1) is 10.3. The van der Waals surface area contributed by atoms with Gasteiger partial charge in [-0.25, -0.2) is 0 Å². The fraction of sp³-hybridized carbons (Fsp3) is 0.611. The Hall–Kier alpha value is -1.35. The molecule has 1 saturated carbocycles. The van der Waals surface area contributed by atoms with Gasteiger partial charge in [0, 0.05) is 12.6 Å². The van der Waals surface area contributed by atoms with E-state index in [2.05, 4.69) is 41.4 Å². The van der Waals surface area contributed by atoms with Gasteiger partial charge in [-0.3, -0.25) is 4.79 Å². The van der Waals surface area contributed by atoms with Gasteiger partial charge in [0.15, 0.2) is 0 Å². The van der Waals surface area contributed by atoms with Crippen molar-refractivity contribution in [2.75, 3.05) is 6.54 Å². The summed E-state index contributed by atoms with van der Waals surface area (Å²) in [4.78, 5) is 14.9. The number of rotatable bonds is 5. The number of aryl methyl sites for hydroxylation is 1. The number of carbonyl (C=O) groups is 1. The third-order valence-corrected chi connectivity index (χ3v) is 4.66. The molecule has 0 spiro atoms. The summed E-state index contributed by atoms with van der Waals surface area (Å²) in [6.07, 6.45) is 6.78. The first-order valence-electron chi connectivity index (χ1n) is 8.39. The fourth-order valence-corrected chi connectivity index (χ4v) is 3.11. The molecule has 1 saturated heterocycles. The predicted octanol–water partition coefficient (Wildman–Crippen LogP) is 2.88. The molecule has 0 bridgehead atoms. The van der Waals surface area contributed by atoms with Gasteiger partial charge in [0.1, 0.15) is 0 Å². The molecule has 1 amide bonds. The van der Waals surface area contributed by atoms with E-state index in [4.69, 9.17) is 0 Å². The van der Waals surface area contributed by atoms with Crippen molar-refractivity contribution in [2.45, 2.75) is 64.1 Å². The number of hydrogen-bond donors (Lipinski definition) is 1. The third kappa shape index (κ3) is 3.65. The summed E-state index contributed by atoms with van der Waals surface area (Å²) in [5, 5.41) is 3.39. The number of amides is 1. The van der Waals surface area contributed by atoms with Crippen LogP contribution in [0.1, 0.15) is 50.2 Å². The summed E-state index contributed by atoms with van der Waals surface area (Å²) < 4.78 is 0. The lowest BCUT2D eigenvalue weighted by Crippen LogP contribution is -2.49. The molecule has 0 aromatic heterocycles. The monoisotopic (exact) mass is 286 g/mol. The maximum absolute atomic E-state index is 12.8.